The highest BCUT2D eigenvalue weighted by Crippen LogP contribution is 2.48. The molecule has 1 heterocycles. The van der Waals surface area contributed by atoms with Crippen LogP contribution in [0.4, 0.5) is 0 Å². The first-order valence-corrected chi connectivity index (χ1v) is 4.27. The summed E-state index contributed by atoms with van der Waals surface area (Å²) in [6.45, 7) is 1.96. The molecule has 1 unspecified atom stereocenters. The lowest BCUT2D eigenvalue weighted by atomic mass is 10.1. The van der Waals surface area contributed by atoms with Gasteiger partial charge in [0.15, 0.2) is 11.5 Å². The van der Waals surface area contributed by atoms with Gasteiger partial charge in [-0.2, -0.15) is 0 Å². The minimum Gasteiger partial charge on any atom is -0.508 e. The van der Waals surface area contributed by atoms with Gasteiger partial charge in [0.2, 0.25) is 0 Å². The Balaban J connectivity index is 2.17. The van der Waals surface area contributed by atoms with Gasteiger partial charge in [-0.1, -0.05) is 0 Å². The van der Waals surface area contributed by atoms with Gasteiger partial charge in [0.1, 0.15) is 5.75 Å². The van der Waals surface area contributed by atoms with E-state index in [1.807, 2.05) is 13.0 Å². The van der Waals surface area contributed by atoms with E-state index in [4.69, 9.17) is 9.47 Å². The molecule has 0 saturated carbocycles. The molecule has 0 saturated heterocycles. The van der Waals surface area contributed by atoms with Gasteiger partial charge >= 0.3 is 0 Å². The summed E-state index contributed by atoms with van der Waals surface area (Å²) >= 11 is 0. The second-order valence-electron chi connectivity index (χ2n) is 3.28. The zero-order chi connectivity index (χ0) is 9.42. The van der Waals surface area contributed by atoms with Gasteiger partial charge in [0, 0.05) is 25.2 Å². The number of methoxy groups -OCH3 is 1. The molecule has 1 N–H and O–H groups in total. The summed E-state index contributed by atoms with van der Waals surface area (Å²) in [7, 11) is 1.66. The molecule has 1 atom stereocenters. The van der Waals surface area contributed by atoms with Crippen LogP contribution in [0.25, 0.3) is 0 Å². The third-order valence-electron chi connectivity index (χ3n) is 2.23. The van der Waals surface area contributed by atoms with E-state index in [-0.39, 0.29) is 6.10 Å². The van der Waals surface area contributed by atoms with E-state index >= 15 is 0 Å². The van der Waals surface area contributed by atoms with Crippen molar-refractivity contribution in [1.82, 2.24) is 0 Å². The Hall–Kier alpha value is -1.22. The number of phenols is 1. The Kier molecular flexibility index (Phi) is 1.88. The van der Waals surface area contributed by atoms with Gasteiger partial charge in [0.05, 0.1) is 6.10 Å². The highest BCUT2D eigenvalue weighted by atomic mass is 16.6. The van der Waals surface area contributed by atoms with Gasteiger partial charge in [0.25, 0.3) is 0 Å². The number of hydrogen-bond acceptors (Lipinski definition) is 3. The van der Waals surface area contributed by atoms with Gasteiger partial charge in [-0.15, -0.1) is 0 Å². The van der Waals surface area contributed by atoms with Crippen molar-refractivity contribution in [2.45, 2.75) is 19.4 Å². The summed E-state index contributed by atoms with van der Waals surface area (Å²) in [5, 5.41) is 9.53. The van der Waals surface area contributed by atoms with Crippen LogP contribution < -0.4 is 4.74 Å². The summed E-state index contributed by atoms with van der Waals surface area (Å²) in [5.41, 5.74) is 0.880. The zero-order valence-corrected chi connectivity index (χ0v) is 7.70. The normalized spacial score (nSPS) is 14.6. The molecule has 1 aromatic rings. The first kappa shape index (κ1) is 8.38. The molecule has 1 aliphatic heterocycles. The summed E-state index contributed by atoms with van der Waals surface area (Å²) in [6, 6.07) is 3.51. The Labute approximate surface area is 76.9 Å². The number of fused-ring (bicyclic) bond motifs is 1. The number of aromatic hydroxyl groups is 1. The number of rotatable bonds is 3. The second-order valence-corrected chi connectivity index (χ2v) is 3.28. The van der Waals surface area contributed by atoms with Crippen LogP contribution in [0.5, 0.6) is 17.2 Å². The number of benzene rings is 1. The molecule has 13 heavy (non-hydrogen) atoms. The van der Waals surface area contributed by atoms with E-state index in [2.05, 4.69) is 0 Å². The predicted molar refractivity (Wildman–Crippen MR) is 48.4 cm³/mol. The maximum absolute atomic E-state index is 9.53. The molecule has 0 bridgehead atoms. The molecule has 2 rings (SSSR count). The number of phenolic OH excluding ortho intramolecular Hbond substituents is 1. The Bertz CT molecular complexity index is 333. The molecule has 1 aromatic carbocycles. The largest absolute Gasteiger partial charge is 0.508 e. The van der Waals surface area contributed by atoms with Crippen molar-refractivity contribution < 1.29 is 14.6 Å². The molecule has 0 spiro atoms. The van der Waals surface area contributed by atoms with Crippen LogP contribution in [-0.2, 0) is 11.2 Å². The fraction of sp³-hybridized carbons (Fsp3) is 0.400. The Morgan fingerprint density at radius 3 is 2.85 bits per heavy atom. The highest BCUT2D eigenvalue weighted by molar-refractivity contribution is 5.60. The van der Waals surface area contributed by atoms with Crippen LogP contribution in [0, 0.1) is 0 Å². The minimum atomic E-state index is 0.114. The molecule has 0 fully saturated rings. The quantitative estimate of drug-likeness (QED) is 0.735. The van der Waals surface area contributed by atoms with Crippen molar-refractivity contribution in [3.8, 4) is 17.2 Å². The van der Waals surface area contributed by atoms with E-state index in [1.165, 1.54) is 0 Å². The van der Waals surface area contributed by atoms with E-state index in [0.29, 0.717) is 12.2 Å². The molecule has 0 radical (unpaired) electrons. The lowest BCUT2D eigenvalue weighted by molar-refractivity contribution is 0.118. The van der Waals surface area contributed by atoms with Crippen molar-refractivity contribution >= 4 is 0 Å². The highest BCUT2D eigenvalue weighted by Gasteiger charge is 2.23. The lowest BCUT2D eigenvalue weighted by Crippen LogP contribution is -2.08. The molecule has 1 aliphatic rings. The van der Waals surface area contributed by atoms with E-state index in [9.17, 15) is 5.11 Å². The smallest absolute Gasteiger partial charge is 0.173 e. The standard InChI is InChI=1S/C10H12O3/c1-6(12-2)3-7-4-9-10(13-9)5-8(7)11/h4-6,11H,3H2,1-2H3. The third-order valence-corrected chi connectivity index (χ3v) is 2.23. The van der Waals surface area contributed by atoms with Gasteiger partial charge in [-0.25, -0.2) is 0 Å². The Morgan fingerprint density at radius 2 is 2.15 bits per heavy atom. The van der Waals surface area contributed by atoms with Crippen LogP contribution in [-0.4, -0.2) is 18.3 Å². The summed E-state index contributed by atoms with van der Waals surface area (Å²) in [4.78, 5) is 0. The summed E-state index contributed by atoms with van der Waals surface area (Å²) < 4.78 is 10.2. The molecule has 0 aromatic heterocycles. The van der Waals surface area contributed by atoms with Crippen molar-refractivity contribution in [3.63, 3.8) is 0 Å². The minimum absolute atomic E-state index is 0.114. The molecule has 0 amide bonds. The first-order chi connectivity index (χ1) is 6.20. The van der Waals surface area contributed by atoms with Gasteiger partial charge < -0.3 is 14.6 Å². The molecule has 0 aliphatic carbocycles. The number of ether oxygens (including phenoxy) is 2. The maximum atomic E-state index is 9.53. The summed E-state index contributed by atoms with van der Waals surface area (Å²) in [5.74, 6) is 1.95. The summed E-state index contributed by atoms with van der Waals surface area (Å²) in [6.07, 6.45) is 0.821. The monoisotopic (exact) mass is 180 g/mol. The first-order valence-electron chi connectivity index (χ1n) is 4.27. The van der Waals surface area contributed by atoms with Crippen LogP contribution in [0.15, 0.2) is 12.1 Å². The average molecular weight is 180 g/mol. The number of hydrogen-bond donors (Lipinski definition) is 1. The van der Waals surface area contributed by atoms with Gasteiger partial charge in [-0.3, -0.25) is 0 Å². The zero-order valence-electron chi connectivity index (χ0n) is 7.70. The van der Waals surface area contributed by atoms with Crippen LogP contribution in [0.2, 0.25) is 0 Å². The molecular formula is C10H12O3. The predicted octanol–water partition coefficient (Wildman–Crippen LogP) is 2.08. The second kappa shape index (κ2) is 2.92. The van der Waals surface area contributed by atoms with E-state index in [1.54, 1.807) is 13.2 Å². The van der Waals surface area contributed by atoms with Crippen LogP contribution in [0.3, 0.4) is 0 Å². The van der Waals surface area contributed by atoms with E-state index in [0.717, 1.165) is 17.1 Å². The van der Waals surface area contributed by atoms with Crippen LogP contribution >= 0.6 is 0 Å². The van der Waals surface area contributed by atoms with Crippen molar-refractivity contribution in [3.05, 3.63) is 17.7 Å². The maximum Gasteiger partial charge on any atom is 0.173 e. The van der Waals surface area contributed by atoms with Gasteiger partial charge in [-0.05, 0) is 13.0 Å². The molecular weight excluding hydrogens is 168 g/mol. The van der Waals surface area contributed by atoms with Crippen molar-refractivity contribution in [2.75, 3.05) is 7.11 Å². The molecule has 3 nitrogen and oxygen atoms in total. The average Bonchev–Trinajstić information content (AvgIpc) is 2.82. The SMILES string of the molecule is COC(C)Cc1cc2c(cc1O)O2. The van der Waals surface area contributed by atoms with Crippen molar-refractivity contribution in [1.29, 1.82) is 0 Å². The van der Waals surface area contributed by atoms with E-state index < -0.39 is 0 Å². The molecule has 3 heteroatoms. The molecule has 70 valence electrons. The third kappa shape index (κ3) is 1.60. The fourth-order valence-corrected chi connectivity index (χ4v) is 1.30. The van der Waals surface area contributed by atoms with Crippen LogP contribution in [0.1, 0.15) is 12.5 Å². The lowest BCUT2D eigenvalue weighted by Gasteiger charge is -2.08. The Morgan fingerprint density at radius 1 is 1.46 bits per heavy atom. The van der Waals surface area contributed by atoms with Crippen molar-refractivity contribution in [2.24, 2.45) is 0 Å². The fourth-order valence-electron chi connectivity index (χ4n) is 1.30. The topological polar surface area (TPSA) is 42.0 Å².